The molecule has 0 aromatic rings. The number of methoxy groups -OCH3 is 1. The molecular weight excluding hydrogens is 211 g/mol. The van der Waals surface area contributed by atoms with Crippen molar-refractivity contribution in [1.29, 1.82) is 0 Å². The summed E-state index contributed by atoms with van der Waals surface area (Å²) in [5.74, 6) is 0. The summed E-state index contributed by atoms with van der Waals surface area (Å²) in [6.07, 6.45) is -0.764. The molecule has 0 aromatic heterocycles. The summed E-state index contributed by atoms with van der Waals surface area (Å²) in [5.41, 5.74) is 0. The second-order valence-corrected chi connectivity index (χ2v) is 2.97. The first-order chi connectivity index (χ1) is 5.52. The van der Waals surface area contributed by atoms with Gasteiger partial charge in [0, 0.05) is 7.11 Å². The quantitative estimate of drug-likeness (QED) is 0.212. The Labute approximate surface area is 102 Å². The summed E-state index contributed by atoms with van der Waals surface area (Å²) in [4.78, 5) is 4.27. The molecule has 76 valence electrons. The van der Waals surface area contributed by atoms with Gasteiger partial charge in [0.2, 0.25) is 0 Å². The molecule has 1 unspecified atom stereocenters. The van der Waals surface area contributed by atoms with E-state index in [0.29, 0.717) is 0 Å². The van der Waals surface area contributed by atoms with E-state index in [9.17, 15) is 8.42 Å². The summed E-state index contributed by atoms with van der Waals surface area (Å²) in [7, 11) is -2.69. The zero-order valence-corrected chi connectivity index (χ0v) is 11.0. The van der Waals surface area contributed by atoms with Crippen LogP contribution in [0, 0.1) is 0 Å². The molecule has 0 aliphatic carbocycles. The van der Waals surface area contributed by atoms with Gasteiger partial charge in [-0.3, -0.25) is 0 Å². The molecule has 0 bridgehead atoms. The number of rotatable bonds is 6. The van der Waals surface area contributed by atoms with Crippen molar-refractivity contribution in [2.75, 3.05) is 13.7 Å². The second kappa shape index (κ2) is 8.13. The van der Waals surface area contributed by atoms with Crippen LogP contribution in [-0.4, -0.2) is 28.4 Å². The fraction of sp³-hybridized carbons (Fsp3) is 1.00. The normalized spacial score (nSPS) is 13.5. The third-order valence-electron chi connectivity index (χ3n) is 0.852. The summed E-state index contributed by atoms with van der Waals surface area (Å²) in [6, 6.07) is 0. The predicted molar refractivity (Wildman–Crippen MR) is 40.3 cm³/mol. The maximum atomic E-state index is 10.6. The van der Waals surface area contributed by atoms with E-state index < -0.39 is 16.7 Å². The van der Waals surface area contributed by atoms with Gasteiger partial charge in [0.25, 0.3) is 0 Å². The SMILES string of the molecule is CCOS(=O)(=O)OOC(C)OC.[H-].[Na+]. The van der Waals surface area contributed by atoms with Gasteiger partial charge in [-0.1, -0.05) is 4.33 Å². The van der Waals surface area contributed by atoms with Gasteiger partial charge in [-0.2, -0.15) is 13.3 Å². The summed E-state index contributed by atoms with van der Waals surface area (Å²) in [5, 5.41) is 0. The van der Waals surface area contributed by atoms with Crippen LogP contribution >= 0.6 is 0 Å². The first kappa shape index (κ1) is 16.2. The molecule has 6 nitrogen and oxygen atoms in total. The first-order valence-corrected chi connectivity index (χ1v) is 4.62. The monoisotopic (exact) mass is 224 g/mol. The van der Waals surface area contributed by atoms with Crippen LogP contribution in [-0.2, 0) is 28.5 Å². The van der Waals surface area contributed by atoms with E-state index in [0.717, 1.165) is 0 Å². The van der Waals surface area contributed by atoms with Crippen molar-refractivity contribution in [3.05, 3.63) is 0 Å². The van der Waals surface area contributed by atoms with Crippen LogP contribution in [0.15, 0.2) is 0 Å². The van der Waals surface area contributed by atoms with E-state index in [4.69, 9.17) is 0 Å². The molecule has 1 atom stereocenters. The van der Waals surface area contributed by atoms with Gasteiger partial charge in [0.05, 0.1) is 6.61 Å². The summed E-state index contributed by atoms with van der Waals surface area (Å²) >= 11 is 0. The molecule has 0 spiro atoms. The van der Waals surface area contributed by atoms with Crippen LogP contribution in [0.2, 0.25) is 0 Å². The van der Waals surface area contributed by atoms with E-state index >= 15 is 0 Å². The van der Waals surface area contributed by atoms with Crippen molar-refractivity contribution >= 4 is 10.4 Å². The minimum atomic E-state index is -4.04. The standard InChI is InChI=1S/C5H12O6S.Na.H/c1-4-9-12(6,7)11-10-5(2)8-3;;/h5H,4H2,1-3H3;;/q;+1;-1. The summed E-state index contributed by atoms with van der Waals surface area (Å²) < 4.78 is 33.9. The molecule has 0 heterocycles. The molecule has 0 radical (unpaired) electrons. The molecule has 0 N–H and O–H groups in total. The Hall–Kier alpha value is 0.790. The molecule has 0 aliphatic rings. The Balaban J connectivity index is -0.000000605. The smallest absolute Gasteiger partial charge is 1.00 e. The minimum Gasteiger partial charge on any atom is -1.00 e. The Bertz CT molecular complexity index is 208. The van der Waals surface area contributed by atoms with Crippen molar-refractivity contribution in [2.45, 2.75) is 20.1 Å². The van der Waals surface area contributed by atoms with Gasteiger partial charge in [-0.05, 0) is 13.8 Å². The average Bonchev–Trinajstić information content (AvgIpc) is 2.00. The average molecular weight is 224 g/mol. The number of hydrogen-bond donors (Lipinski definition) is 0. The molecule has 0 rings (SSSR count). The van der Waals surface area contributed by atoms with E-state index in [1.54, 1.807) is 0 Å². The van der Waals surface area contributed by atoms with Crippen LogP contribution in [0.5, 0.6) is 0 Å². The second-order valence-electron chi connectivity index (χ2n) is 1.78. The zero-order valence-electron chi connectivity index (χ0n) is 9.14. The maximum absolute atomic E-state index is 10.6. The molecule has 0 amide bonds. The van der Waals surface area contributed by atoms with Gasteiger partial charge >= 0.3 is 40.0 Å². The Morgan fingerprint density at radius 3 is 2.38 bits per heavy atom. The fourth-order valence-electron chi connectivity index (χ4n) is 0.307. The molecule has 0 fully saturated rings. The summed E-state index contributed by atoms with van der Waals surface area (Å²) in [6.45, 7) is 2.98. The van der Waals surface area contributed by atoms with E-state index in [1.165, 1.54) is 21.0 Å². The van der Waals surface area contributed by atoms with Crippen molar-refractivity contribution in [1.82, 2.24) is 0 Å². The van der Waals surface area contributed by atoms with Crippen molar-refractivity contribution in [3.63, 3.8) is 0 Å². The Morgan fingerprint density at radius 1 is 1.46 bits per heavy atom. The number of ether oxygens (including phenoxy) is 1. The van der Waals surface area contributed by atoms with E-state index in [1.807, 2.05) is 0 Å². The molecule has 0 saturated carbocycles. The van der Waals surface area contributed by atoms with Gasteiger partial charge in [-0.15, -0.1) is 0 Å². The topological polar surface area (TPSA) is 71.1 Å². The molecule has 13 heavy (non-hydrogen) atoms. The minimum absolute atomic E-state index is 0. The first-order valence-electron chi connectivity index (χ1n) is 3.29. The predicted octanol–water partition coefficient (Wildman–Crippen LogP) is -2.68. The fourth-order valence-corrected chi connectivity index (χ4v) is 0.842. The largest absolute Gasteiger partial charge is 1.00 e. The Kier molecular flexibility index (Phi) is 10.1. The van der Waals surface area contributed by atoms with E-state index in [-0.39, 0.29) is 37.6 Å². The van der Waals surface area contributed by atoms with Crippen molar-refractivity contribution in [2.24, 2.45) is 0 Å². The van der Waals surface area contributed by atoms with E-state index in [2.05, 4.69) is 18.1 Å². The van der Waals surface area contributed by atoms with Gasteiger partial charge in [-0.25, -0.2) is 4.18 Å². The third kappa shape index (κ3) is 9.10. The zero-order chi connectivity index (χ0) is 9.61. The van der Waals surface area contributed by atoms with Crippen LogP contribution in [0.1, 0.15) is 15.3 Å². The van der Waals surface area contributed by atoms with Crippen LogP contribution in [0.3, 0.4) is 0 Å². The molecule has 0 aromatic carbocycles. The van der Waals surface area contributed by atoms with Crippen LogP contribution < -0.4 is 29.6 Å². The van der Waals surface area contributed by atoms with Crippen LogP contribution in [0.4, 0.5) is 0 Å². The Morgan fingerprint density at radius 2 is 2.00 bits per heavy atom. The molecular formula is C5H13NaO6S. The van der Waals surface area contributed by atoms with Gasteiger partial charge in [0.15, 0.2) is 6.29 Å². The molecule has 8 heteroatoms. The molecule has 0 saturated heterocycles. The van der Waals surface area contributed by atoms with Crippen molar-refractivity contribution < 1.29 is 57.5 Å². The maximum Gasteiger partial charge on any atom is 1.00 e. The van der Waals surface area contributed by atoms with Gasteiger partial charge in [0.1, 0.15) is 0 Å². The molecule has 0 aliphatic heterocycles. The number of hydrogen-bond acceptors (Lipinski definition) is 6. The van der Waals surface area contributed by atoms with Gasteiger partial charge < -0.3 is 6.16 Å². The van der Waals surface area contributed by atoms with Crippen molar-refractivity contribution in [3.8, 4) is 0 Å². The third-order valence-corrected chi connectivity index (χ3v) is 1.62. The van der Waals surface area contributed by atoms with Crippen LogP contribution in [0.25, 0.3) is 0 Å².